The van der Waals surface area contributed by atoms with Crippen molar-refractivity contribution in [3.63, 3.8) is 0 Å². The van der Waals surface area contributed by atoms with Crippen LogP contribution in [0.2, 0.25) is 0 Å². The fraction of sp³-hybridized carbons (Fsp3) is 0.600. The second-order valence-corrected chi connectivity index (χ2v) is 6.58. The average molecular weight is 272 g/mol. The van der Waals surface area contributed by atoms with Crippen molar-refractivity contribution >= 4 is 15.9 Å². The minimum Gasteiger partial charge on any atom is -0.353 e. The molecule has 0 unspecified atom stereocenters. The van der Waals surface area contributed by atoms with Crippen LogP contribution in [0.3, 0.4) is 0 Å². The lowest BCUT2D eigenvalue weighted by molar-refractivity contribution is -0.131. The van der Waals surface area contributed by atoms with Gasteiger partial charge >= 0.3 is 0 Å². The third-order valence-corrected chi connectivity index (χ3v) is 4.97. The zero-order chi connectivity index (χ0) is 13.6. The number of sulfonamides is 1. The Balaban J connectivity index is 2.44. The summed E-state index contributed by atoms with van der Waals surface area (Å²) in [7, 11) is -2.05. The van der Waals surface area contributed by atoms with Crippen molar-refractivity contribution in [3.8, 4) is 0 Å². The molecule has 2 rings (SSSR count). The first-order chi connectivity index (χ1) is 8.26. The molecule has 0 aromatic carbocycles. The fourth-order valence-electron chi connectivity index (χ4n) is 1.94. The number of nitrogens with one attached hydrogen (secondary N) is 1. The van der Waals surface area contributed by atoms with Crippen molar-refractivity contribution in [1.29, 1.82) is 0 Å². The quantitative estimate of drug-likeness (QED) is 0.773. The average Bonchev–Trinajstić information content (AvgIpc) is 2.69. The maximum atomic E-state index is 12.4. The smallest absolute Gasteiger partial charge is 0.263 e. The second-order valence-electron chi connectivity index (χ2n) is 4.77. The first-order valence-corrected chi connectivity index (χ1v) is 6.99. The summed E-state index contributed by atoms with van der Waals surface area (Å²) in [6.45, 7) is 3.73. The highest BCUT2D eigenvalue weighted by molar-refractivity contribution is 7.89. The molecule has 0 aliphatic carbocycles. The van der Waals surface area contributed by atoms with Gasteiger partial charge in [0, 0.05) is 26.3 Å². The molecule has 0 saturated carbocycles. The lowest BCUT2D eigenvalue weighted by Gasteiger charge is -2.39. The lowest BCUT2D eigenvalue weighted by atomic mass is 10.0. The first-order valence-electron chi connectivity index (χ1n) is 5.55. The van der Waals surface area contributed by atoms with Crippen molar-refractivity contribution in [3.05, 3.63) is 12.5 Å². The van der Waals surface area contributed by atoms with Gasteiger partial charge in [-0.1, -0.05) is 0 Å². The number of amides is 1. The Labute approximate surface area is 106 Å². The van der Waals surface area contributed by atoms with E-state index in [-0.39, 0.29) is 17.5 Å². The number of nitrogens with zero attached hydrogens (tertiary/aromatic N) is 3. The van der Waals surface area contributed by atoms with E-state index in [1.807, 2.05) is 0 Å². The van der Waals surface area contributed by atoms with E-state index < -0.39 is 15.6 Å². The van der Waals surface area contributed by atoms with E-state index >= 15 is 0 Å². The van der Waals surface area contributed by atoms with E-state index in [0.29, 0.717) is 6.54 Å². The summed E-state index contributed by atoms with van der Waals surface area (Å²) < 4.78 is 27.6. The zero-order valence-electron chi connectivity index (χ0n) is 10.5. The van der Waals surface area contributed by atoms with Crippen LogP contribution in [0.15, 0.2) is 17.6 Å². The molecule has 1 aromatic heterocycles. The second kappa shape index (κ2) is 4.06. The van der Waals surface area contributed by atoms with Crippen molar-refractivity contribution in [2.24, 2.45) is 7.05 Å². The Bertz CT molecular complexity index is 576. The standard InChI is InChI=1S/C10H16N4O3S/c1-10(2)9(15)11-4-5-14(10)18(16,17)8-6-13(3)7-12-8/h6-7H,4-5H2,1-3H3,(H,11,15). The molecule has 100 valence electrons. The normalized spacial score (nSPS) is 20.7. The maximum Gasteiger partial charge on any atom is 0.263 e. The number of rotatable bonds is 2. The van der Waals surface area contributed by atoms with Gasteiger partial charge < -0.3 is 9.88 Å². The molecule has 0 bridgehead atoms. The maximum absolute atomic E-state index is 12.4. The summed E-state index contributed by atoms with van der Waals surface area (Å²) in [6.07, 6.45) is 2.85. The van der Waals surface area contributed by atoms with Crippen LogP contribution in [0.5, 0.6) is 0 Å². The van der Waals surface area contributed by atoms with E-state index in [4.69, 9.17) is 0 Å². The first kappa shape index (κ1) is 13.0. The monoisotopic (exact) mass is 272 g/mol. The molecule has 7 nitrogen and oxygen atoms in total. The predicted octanol–water partition coefficient (Wildman–Crippen LogP) is -0.681. The van der Waals surface area contributed by atoms with Gasteiger partial charge in [0.15, 0.2) is 5.03 Å². The number of aryl methyl sites for hydroxylation is 1. The number of hydrogen-bond acceptors (Lipinski definition) is 4. The van der Waals surface area contributed by atoms with Crippen LogP contribution in [0.4, 0.5) is 0 Å². The molecule has 1 N–H and O–H groups in total. The summed E-state index contributed by atoms with van der Waals surface area (Å²) in [5.41, 5.74) is -1.10. The molecule has 2 heterocycles. The Kier molecular flexibility index (Phi) is 2.94. The van der Waals surface area contributed by atoms with Gasteiger partial charge in [0.05, 0.1) is 6.33 Å². The molecule has 1 fully saturated rings. The topological polar surface area (TPSA) is 84.3 Å². The van der Waals surface area contributed by atoms with Gasteiger partial charge in [0.1, 0.15) is 5.54 Å². The molecule has 8 heteroatoms. The predicted molar refractivity (Wildman–Crippen MR) is 64.2 cm³/mol. The minimum atomic E-state index is -3.74. The van der Waals surface area contributed by atoms with Crippen LogP contribution >= 0.6 is 0 Å². The molecule has 1 aliphatic heterocycles. The highest BCUT2D eigenvalue weighted by atomic mass is 32.2. The van der Waals surface area contributed by atoms with Gasteiger partial charge in [0.2, 0.25) is 5.91 Å². The number of hydrogen-bond donors (Lipinski definition) is 1. The molecule has 18 heavy (non-hydrogen) atoms. The van der Waals surface area contributed by atoms with Crippen LogP contribution in [0.25, 0.3) is 0 Å². The largest absolute Gasteiger partial charge is 0.353 e. The third-order valence-electron chi connectivity index (χ3n) is 3.02. The summed E-state index contributed by atoms with van der Waals surface area (Å²) in [4.78, 5) is 15.6. The number of piperazine rings is 1. The molecule has 0 spiro atoms. The van der Waals surface area contributed by atoms with Gasteiger partial charge in [-0.25, -0.2) is 13.4 Å². The molecular formula is C10H16N4O3S. The van der Waals surface area contributed by atoms with Gasteiger partial charge in [0.25, 0.3) is 10.0 Å². The molecule has 1 aliphatic rings. The van der Waals surface area contributed by atoms with Crippen LogP contribution < -0.4 is 5.32 Å². The number of aromatic nitrogens is 2. The highest BCUT2D eigenvalue weighted by Crippen LogP contribution is 2.25. The van der Waals surface area contributed by atoms with Crippen molar-refractivity contribution in [1.82, 2.24) is 19.2 Å². The fourth-order valence-corrected chi connectivity index (χ4v) is 3.66. The van der Waals surface area contributed by atoms with Gasteiger partial charge in [-0.3, -0.25) is 4.79 Å². The van der Waals surface area contributed by atoms with Crippen LogP contribution in [0, 0.1) is 0 Å². The number of imidazole rings is 1. The van der Waals surface area contributed by atoms with E-state index in [1.165, 1.54) is 16.8 Å². The molecule has 0 radical (unpaired) electrons. The van der Waals surface area contributed by atoms with Gasteiger partial charge in [-0.05, 0) is 13.8 Å². The van der Waals surface area contributed by atoms with Crippen LogP contribution in [-0.2, 0) is 21.9 Å². The molecule has 0 atom stereocenters. The minimum absolute atomic E-state index is 0.0345. The Morgan fingerprint density at radius 1 is 1.44 bits per heavy atom. The number of carbonyl (C=O) groups is 1. The van der Waals surface area contributed by atoms with E-state index in [2.05, 4.69) is 10.3 Å². The summed E-state index contributed by atoms with van der Waals surface area (Å²) >= 11 is 0. The Morgan fingerprint density at radius 3 is 2.67 bits per heavy atom. The van der Waals surface area contributed by atoms with Crippen LogP contribution in [0.1, 0.15) is 13.8 Å². The molecule has 1 aromatic rings. The highest BCUT2D eigenvalue weighted by Gasteiger charge is 2.45. The summed E-state index contributed by atoms with van der Waals surface area (Å²) in [6, 6.07) is 0. The number of carbonyl (C=O) groups excluding carboxylic acids is 1. The Hall–Kier alpha value is -1.41. The Morgan fingerprint density at radius 2 is 2.11 bits per heavy atom. The van der Waals surface area contributed by atoms with E-state index in [0.717, 1.165) is 0 Å². The third kappa shape index (κ3) is 1.91. The van der Waals surface area contributed by atoms with Gasteiger partial charge in [-0.15, -0.1) is 0 Å². The molecule has 1 amide bonds. The van der Waals surface area contributed by atoms with Crippen molar-refractivity contribution < 1.29 is 13.2 Å². The van der Waals surface area contributed by atoms with Crippen LogP contribution in [-0.4, -0.2) is 46.8 Å². The lowest BCUT2D eigenvalue weighted by Crippen LogP contribution is -2.63. The van der Waals surface area contributed by atoms with Crippen molar-refractivity contribution in [2.45, 2.75) is 24.4 Å². The SMILES string of the molecule is Cn1cnc(S(=O)(=O)N2CCNC(=O)C2(C)C)c1. The molecular weight excluding hydrogens is 256 g/mol. The summed E-state index contributed by atoms with van der Waals surface area (Å²) in [5.74, 6) is -0.298. The van der Waals surface area contributed by atoms with Gasteiger partial charge in [-0.2, -0.15) is 4.31 Å². The summed E-state index contributed by atoms with van der Waals surface area (Å²) in [5, 5.41) is 2.63. The van der Waals surface area contributed by atoms with Crippen molar-refractivity contribution in [2.75, 3.05) is 13.1 Å². The molecule has 1 saturated heterocycles. The van der Waals surface area contributed by atoms with E-state index in [1.54, 1.807) is 25.5 Å². The van der Waals surface area contributed by atoms with E-state index in [9.17, 15) is 13.2 Å². The zero-order valence-corrected chi connectivity index (χ0v) is 11.4.